The summed E-state index contributed by atoms with van der Waals surface area (Å²) in [5.41, 5.74) is 0.825. The zero-order valence-corrected chi connectivity index (χ0v) is 14.4. The number of rotatable bonds is 8. The van der Waals surface area contributed by atoms with E-state index in [1.54, 1.807) is 12.1 Å². The molecule has 2 nitrogen and oxygen atoms in total. The predicted molar refractivity (Wildman–Crippen MR) is 87.3 cm³/mol. The van der Waals surface area contributed by atoms with Gasteiger partial charge in [0.25, 0.3) is 5.92 Å². The number of nitriles is 1. The number of alkyl halides is 2. The lowest BCUT2D eigenvalue weighted by Crippen LogP contribution is -2.41. The first-order valence-corrected chi connectivity index (χ1v) is 10.1. The molecule has 0 aliphatic carbocycles. The first-order chi connectivity index (χ1) is 10.4. The van der Waals surface area contributed by atoms with Gasteiger partial charge in [0, 0.05) is 0 Å². The van der Waals surface area contributed by atoms with Crippen LogP contribution in [-0.2, 0) is 4.43 Å². The van der Waals surface area contributed by atoms with E-state index in [1.807, 2.05) is 26.8 Å². The number of hydrogen-bond acceptors (Lipinski definition) is 2. The zero-order chi connectivity index (χ0) is 16.8. The molecule has 1 atom stereocenters. The van der Waals surface area contributed by atoms with Crippen LogP contribution in [0.2, 0.25) is 18.1 Å². The van der Waals surface area contributed by atoms with Gasteiger partial charge in [0.1, 0.15) is 6.10 Å². The van der Waals surface area contributed by atoms with Crippen LogP contribution in [0.1, 0.15) is 38.0 Å². The maximum Gasteiger partial charge on any atom is 0.294 e. The minimum Gasteiger partial charge on any atom is -0.404 e. The maximum absolute atomic E-state index is 14.3. The van der Waals surface area contributed by atoms with Crippen LogP contribution >= 0.6 is 0 Å². The van der Waals surface area contributed by atoms with Crippen LogP contribution in [0.25, 0.3) is 0 Å². The summed E-state index contributed by atoms with van der Waals surface area (Å²) in [6.45, 7) is 9.26. The van der Waals surface area contributed by atoms with Crippen molar-refractivity contribution in [1.82, 2.24) is 0 Å². The highest BCUT2D eigenvalue weighted by molar-refractivity contribution is 6.73. The third-order valence-corrected chi connectivity index (χ3v) is 8.87. The van der Waals surface area contributed by atoms with Gasteiger partial charge in [-0.3, -0.25) is 0 Å². The van der Waals surface area contributed by atoms with E-state index < -0.39 is 20.3 Å². The quantitative estimate of drug-likeness (QED) is 0.471. The molecule has 0 fully saturated rings. The van der Waals surface area contributed by atoms with Crippen LogP contribution in [0, 0.1) is 11.3 Å². The number of benzene rings is 1. The van der Waals surface area contributed by atoms with Gasteiger partial charge in [-0.25, -0.2) is 0 Å². The molecule has 1 unspecified atom stereocenters. The van der Waals surface area contributed by atoms with E-state index in [0.29, 0.717) is 17.2 Å². The van der Waals surface area contributed by atoms with E-state index in [0.717, 1.165) is 18.1 Å². The Labute approximate surface area is 132 Å². The lowest BCUT2D eigenvalue weighted by atomic mass is 10.0. The first-order valence-electron chi connectivity index (χ1n) is 7.57. The monoisotopic (exact) mass is 323 g/mol. The molecule has 1 rings (SSSR count). The minimum absolute atomic E-state index is 0.385. The van der Waals surface area contributed by atoms with E-state index in [9.17, 15) is 8.78 Å². The fourth-order valence-corrected chi connectivity index (χ4v) is 5.25. The molecule has 0 amide bonds. The van der Waals surface area contributed by atoms with Gasteiger partial charge in [0.2, 0.25) is 0 Å². The number of hydrogen-bond donors (Lipinski definition) is 0. The topological polar surface area (TPSA) is 33.0 Å². The lowest BCUT2D eigenvalue weighted by Gasteiger charge is -2.36. The van der Waals surface area contributed by atoms with E-state index in [4.69, 9.17) is 9.69 Å². The summed E-state index contributed by atoms with van der Waals surface area (Å²) in [7, 11) is -2.20. The molecule has 0 aliphatic heterocycles. The third-order valence-electron chi connectivity index (χ3n) is 4.27. The van der Waals surface area contributed by atoms with Crippen molar-refractivity contribution in [3.8, 4) is 6.07 Å². The van der Waals surface area contributed by atoms with Crippen molar-refractivity contribution in [1.29, 1.82) is 5.26 Å². The Kier molecular flexibility index (Phi) is 6.45. The Balaban J connectivity index is 3.24. The third kappa shape index (κ3) is 4.02. The van der Waals surface area contributed by atoms with Crippen LogP contribution in [0.15, 0.2) is 36.9 Å². The fourth-order valence-electron chi connectivity index (χ4n) is 2.46. The summed E-state index contributed by atoms with van der Waals surface area (Å²) in [5.74, 6) is -3.15. The van der Waals surface area contributed by atoms with Crippen molar-refractivity contribution in [3.63, 3.8) is 0 Å². The molecule has 1 aromatic rings. The number of halogens is 2. The highest BCUT2D eigenvalue weighted by Crippen LogP contribution is 2.40. The van der Waals surface area contributed by atoms with Crippen molar-refractivity contribution in [3.05, 3.63) is 48.0 Å². The molecule has 0 aromatic heterocycles. The molecule has 0 saturated carbocycles. The summed E-state index contributed by atoms with van der Waals surface area (Å²) in [6.07, 6.45) is -0.694. The van der Waals surface area contributed by atoms with Gasteiger partial charge in [0.15, 0.2) is 8.32 Å². The van der Waals surface area contributed by atoms with Crippen LogP contribution in [0.3, 0.4) is 0 Å². The first kappa shape index (κ1) is 18.5. The molecule has 1 aromatic carbocycles. The highest BCUT2D eigenvalue weighted by Gasteiger charge is 2.43. The van der Waals surface area contributed by atoms with Crippen molar-refractivity contribution in [2.75, 3.05) is 0 Å². The molecule has 0 spiro atoms. The van der Waals surface area contributed by atoms with E-state index in [1.165, 1.54) is 12.1 Å². The van der Waals surface area contributed by atoms with Crippen LogP contribution < -0.4 is 0 Å². The Morgan fingerprint density at radius 2 is 1.73 bits per heavy atom. The van der Waals surface area contributed by atoms with Crippen LogP contribution in [-0.4, -0.2) is 14.2 Å². The van der Waals surface area contributed by atoms with E-state index in [-0.39, 0.29) is 0 Å². The predicted octanol–water partition coefficient (Wildman–Crippen LogP) is 5.44. The Hall–Kier alpha value is -1.51. The average molecular weight is 323 g/mol. The SMILES string of the molecule is C=CC(F)(F)C(O[Si](CC)(CC)CC)c1ccc(C#N)cc1. The van der Waals surface area contributed by atoms with Gasteiger partial charge in [-0.15, -0.1) is 0 Å². The number of nitrogens with zero attached hydrogens (tertiary/aromatic N) is 1. The molecule has 22 heavy (non-hydrogen) atoms. The van der Waals surface area contributed by atoms with Gasteiger partial charge in [0.05, 0.1) is 11.6 Å². The molecular weight excluding hydrogens is 300 g/mol. The van der Waals surface area contributed by atoms with Gasteiger partial charge >= 0.3 is 0 Å². The van der Waals surface area contributed by atoms with Gasteiger partial charge in [-0.05, 0) is 41.9 Å². The summed E-state index contributed by atoms with van der Waals surface area (Å²) in [5, 5.41) is 8.84. The second-order valence-electron chi connectivity index (χ2n) is 5.35. The largest absolute Gasteiger partial charge is 0.404 e. The van der Waals surface area contributed by atoms with Crippen LogP contribution in [0.5, 0.6) is 0 Å². The Morgan fingerprint density at radius 1 is 1.23 bits per heavy atom. The molecule has 5 heteroatoms. The normalized spacial score (nSPS) is 13.5. The standard InChI is InChI=1S/C17H23F2NOSi/c1-5-17(18,19)16(21-22(6-2,7-3)8-4)15-11-9-14(13-20)10-12-15/h5,9-12,16H,1,6-8H2,2-4H3. The summed E-state index contributed by atoms with van der Waals surface area (Å²) >= 11 is 0. The summed E-state index contributed by atoms with van der Waals surface area (Å²) < 4.78 is 34.7. The van der Waals surface area contributed by atoms with Crippen molar-refractivity contribution in [2.45, 2.75) is 50.9 Å². The second kappa shape index (κ2) is 7.66. The fraction of sp³-hybridized carbons (Fsp3) is 0.471. The van der Waals surface area contributed by atoms with Crippen LogP contribution in [0.4, 0.5) is 8.78 Å². The Bertz CT molecular complexity index is 524. The van der Waals surface area contributed by atoms with Crippen molar-refractivity contribution >= 4 is 8.32 Å². The molecule has 0 radical (unpaired) electrons. The molecule has 0 N–H and O–H groups in total. The lowest BCUT2D eigenvalue weighted by molar-refractivity contribution is -0.0630. The molecule has 120 valence electrons. The van der Waals surface area contributed by atoms with E-state index >= 15 is 0 Å². The van der Waals surface area contributed by atoms with Gasteiger partial charge in [-0.1, -0.05) is 39.5 Å². The minimum atomic E-state index is -3.15. The van der Waals surface area contributed by atoms with Crippen molar-refractivity contribution in [2.24, 2.45) is 0 Å². The average Bonchev–Trinajstić information content (AvgIpc) is 2.56. The molecule has 0 heterocycles. The molecule has 0 bridgehead atoms. The Morgan fingerprint density at radius 3 is 2.09 bits per heavy atom. The van der Waals surface area contributed by atoms with E-state index in [2.05, 4.69) is 6.58 Å². The highest BCUT2D eigenvalue weighted by atomic mass is 28.4. The second-order valence-corrected chi connectivity index (χ2v) is 10.1. The summed E-state index contributed by atoms with van der Waals surface area (Å²) in [4.78, 5) is 0. The summed E-state index contributed by atoms with van der Waals surface area (Å²) in [6, 6.07) is 10.5. The molecule has 0 aliphatic rings. The van der Waals surface area contributed by atoms with Gasteiger partial charge in [-0.2, -0.15) is 14.0 Å². The zero-order valence-electron chi connectivity index (χ0n) is 13.4. The molecule has 0 saturated heterocycles. The smallest absolute Gasteiger partial charge is 0.294 e. The van der Waals surface area contributed by atoms with Crippen molar-refractivity contribution < 1.29 is 13.2 Å². The maximum atomic E-state index is 14.3. The van der Waals surface area contributed by atoms with Gasteiger partial charge < -0.3 is 4.43 Å². The molecular formula is C17H23F2NOSi.